The second kappa shape index (κ2) is 7.23. The Bertz CT molecular complexity index is 766. The summed E-state index contributed by atoms with van der Waals surface area (Å²) < 4.78 is 0. The van der Waals surface area contributed by atoms with E-state index in [1.54, 1.807) is 0 Å². The Morgan fingerprint density at radius 1 is 1.16 bits per heavy atom. The zero-order valence-corrected chi connectivity index (χ0v) is 15.2. The van der Waals surface area contributed by atoms with E-state index >= 15 is 0 Å². The van der Waals surface area contributed by atoms with E-state index in [1.165, 1.54) is 5.56 Å². The van der Waals surface area contributed by atoms with Crippen LogP contribution in [0.5, 0.6) is 0 Å². The predicted octanol–water partition coefficient (Wildman–Crippen LogP) is 2.40. The van der Waals surface area contributed by atoms with Crippen LogP contribution >= 0.6 is 0 Å². The Kier molecular flexibility index (Phi) is 5.04. The first-order valence-corrected chi connectivity index (χ1v) is 8.76. The fraction of sp³-hybridized carbons (Fsp3) is 0.400. The van der Waals surface area contributed by atoms with Crippen LogP contribution in [0.3, 0.4) is 0 Å². The highest BCUT2D eigenvalue weighted by atomic mass is 16.1. The number of hydrogen-bond donors (Lipinski definition) is 1. The Labute approximate surface area is 149 Å². The van der Waals surface area contributed by atoms with Crippen LogP contribution in [0.25, 0.3) is 11.1 Å². The van der Waals surface area contributed by atoms with Gasteiger partial charge in [0.1, 0.15) is 5.82 Å². The number of benzene rings is 1. The molecule has 1 aliphatic rings. The number of pyridine rings is 1. The largest absolute Gasteiger partial charge is 0.369 e. The van der Waals surface area contributed by atoms with Crippen molar-refractivity contribution in [1.82, 2.24) is 9.88 Å². The Morgan fingerprint density at radius 3 is 2.48 bits per heavy atom. The van der Waals surface area contributed by atoms with Crippen molar-refractivity contribution in [3.63, 3.8) is 0 Å². The quantitative estimate of drug-likeness (QED) is 0.930. The number of anilines is 1. The summed E-state index contributed by atoms with van der Waals surface area (Å²) in [4.78, 5) is 21.0. The molecule has 0 saturated carbocycles. The lowest BCUT2D eigenvalue weighted by Gasteiger charge is -2.33. The first-order valence-electron chi connectivity index (χ1n) is 8.76. The summed E-state index contributed by atoms with van der Waals surface area (Å²) in [6.45, 7) is 7.91. The van der Waals surface area contributed by atoms with Gasteiger partial charge in [-0.1, -0.05) is 24.3 Å². The van der Waals surface area contributed by atoms with E-state index in [4.69, 9.17) is 5.73 Å². The van der Waals surface area contributed by atoms with E-state index < -0.39 is 0 Å². The number of carbonyl (C=O) groups excluding carboxylic acids is 1. The molecule has 5 nitrogen and oxygen atoms in total. The van der Waals surface area contributed by atoms with Crippen molar-refractivity contribution in [1.29, 1.82) is 0 Å². The first kappa shape index (κ1) is 17.4. The molecule has 2 heterocycles. The van der Waals surface area contributed by atoms with E-state index in [9.17, 15) is 4.79 Å². The van der Waals surface area contributed by atoms with Gasteiger partial charge in [-0.15, -0.1) is 0 Å². The van der Waals surface area contributed by atoms with E-state index in [2.05, 4.69) is 47.0 Å². The van der Waals surface area contributed by atoms with Gasteiger partial charge in [0, 0.05) is 32.4 Å². The third-order valence-electron chi connectivity index (χ3n) is 5.08. The maximum absolute atomic E-state index is 11.8. The van der Waals surface area contributed by atoms with E-state index in [0.717, 1.165) is 48.7 Å². The SMILES string of the molecule is Cc1ccccc1-c1cc(N2CCN(C)CC2)ncc1C(C)C(N)=O. The van der Waals surface area contributed by atoms with Crippen LogP contribution in [0.4, 0.5) is 5.82 Å². The average Bonchev–Trinajstić information content (AvgIpc) is 2.61. The molecule has 0 spiro atoms. The number of nitrogens with zero attached hydrogens (tertiary/aromatic N) is 3. The second-order valence-electron chi connectivity index (χ2n) is 6.86. The van der Waals surface area contributed by atoms with Crippen LogP contribution in [-0.4, -0.2) is 49.0 Å². The molecule has 1 amide bonds. The summed E-state index contributed by atoms with van der Waals surface area (Å²) in [5.41, 5.74) is 9.81. The van der Waals surface area contributed by atoms with Crippen molar-refractivity contribution in [2.75, 3.05) is 38.1 Å². The summed E-state index contributed by atoms with van der Waals surface area (Å²) in [5.74, 6) is 0.263. The Hall–Kier alpha value is -2.40. The minimum absolute atomic E-state index is 0.330. The molecule has 1 atom stereocenters. The molecule has 1 aliphatic heterocycles. The Morgan fingerprint density at radius 2 is 1.84 bits per heavy atom. The maximum atomic E-state index is 11.8. The standard InChI is InChI=1S/C20H26N4O/c1-14-6-4-5-7-16(14)17-12-19(24-10-8-23(3)9-11-24)22-13-18(17)15(2)20(21)25/h4-7,12-13,15H,8-11H2,1-3H3,(H2,21,25). The molecule has 0 aliphatic carbocycles. The van der Waals surface area contributed by atoms with E-state index in [1.807, 2.05) is 25.3 Å². The topological polar surface area (TPSA) is 62.5 Å². The number of carbonyl (C=O) groups is 1. The number of aromatic nitrogens is 1. The minimum Gasteiger partial charge on any atom is -0.369 e. The Balaban J connectivity index is 2.06. The molecule has 132 valence electrons. The number of hydrogen-bond acceptors (Lipinski definition) is 4. The summed E-state index contributed by atoms with van der Waals surface area (Å²) in [6.07, 6.45) is 1.82. The second-order valence-corrected chi connectivity index (χ2v) is 6.86. The monoisotopic (exact) mass is 338 g/mol. The summed E-state index contributed by atoms with van der Waals surface area (Å²) >= 11 is 0. The van der Waals surface area contributed by atoms with Crippen molar-refractivity contribution < 1.29 is 4.79 Å². The lowest BCUT2D eigenvalue weighted by molar-refractivity contribution is -0.119. The fourth-order valence-electron chi connectivity index (χ4n) is 3.27. The molecule has 3 rings (SSSR count). The fourth-order valence-corrected chi connectivity index (χ4v) is 3.27. The average molecular weight is 338 g/mol. The van der Waals surface area contributed by atoms with Crippen LogP contribution in [0.15, 0.2) is 36.5 Å². The third-order valence-corrected chi connectivity index (χ3v) is 5.08. The van der Waals surface area contributed by atoms with Crippen molar-refractivity contribution in [2.24, 2.45) is 5.73 Å². The van der Waals surface area contributed by atoms with Crippen molar-refractivity contribution in [3.8, 4) is 11.1 Å². The van der Waals surface area contributed by atoms with Crippen LogP contribution in [0, 0.1) is 6.92 Å². The highest BCUT2D eigenvalue weighted by molar-refractivity contribution is 5.85. The molecule has 2 aromatic rings. The van der Waals surface area contributed by atoms with Gasteiger partial charge in [0.05, 0.1) is 5.92 Å². The predicted molar refractivity (Wildman–Crippen MR) is 102 cm³/mol. The molecule has 5 heteroatoms. The van der Waals surface area contributed by atoms with Gasteiger partial charge in [-0.05, 0) is 49.2 Å². The van der Waals surface area contributed by atoms with Crippen molar-refractivity contribution >= 4 is 11.7 Å². The molecule has 2 N–H and O–H groups in total. The lowest BCUT2D eigenvalue weighted by atomic mass is 9.90. The number of likely N-dealkylation sites (N-methyl/N-ethyl adjacent to an activating group) is 1. The minimum atomic E-state index is -0.372. The van der Waals surface area contributed by atoms with Gasteiger partial charge in [0.15, 0.2) is 0 Å². The molecule has 0 bridgehead atoms. The van der Waals surface area contributed by atoms with Gasteiger partial charge < -0.3 is 15.5 Å². The van der Waals surface area contributed by atoms with Crippen molar-refractivity contribution in [2.45, 2.75) is 19.8 Å². The molecule has 25 heavy (non-hydrogen) atoms. The van der Waals surface area contributed by atoms with Crippen LogP contribution in [0.2, 0.25) is 0 Å². The van der Waals surface area contributed by atoms with Gasteiger partial charge in [-0.25, -0.2) is 4.98 Å². The highest BCUT2D eigenvalue weighted by Crippen LogP contribution is 2.33. The van der Waals surface area contributed by atoms with Gasteiger partial charge >= 0.3 is 0 Å². The van der Waals surface area contributed by atoms with Gasteiger partial charge in [-0.3, -0.25) is 4.79 Å². The summed E-state index contributed by atoms with van der Waals surface area (Å²) in [6, 6.07) is 10.3. The molecule has 1 saturated heterocycles. The van der Waals surface area contributed by atoms with E-state index in [0.29, 0.717) is 0 Å². The highest BCUT2D eigenvalue weighted by Gasteiger charge is 2.21. The van der Waals surface area contributed by atoms with E-state index in [-0.39, 0.29) is 11.8 Å². The number of rotatable bonds is 4. The first-order chi connectivity index (χ1) is 12.0. The number of amides is 1. The third kappa shape index (κ3) is 3.66. The molecule has 1 aromatic carbocycles. The van der Waals surface area contributed by atoms with Crippen LogP contribution in [0.1, 0.15) is 24.0 Å². The summed E-state index contributed by atoms with van der Waals surface area (Å²) in [7, 11) is 2.14. The number of aryl methyl sites for hydroxylation is 1. The molecule has 1 unspecified atom stereocenters. The van der Waals surface area contributed by atoms with Gasteiger partial charge in [0.2, 0.25) is 5.91 Å². The van der Waals surface area contributed by atoms with Crippen molar-refractivity contribution in [3.05, 3.63) is 47.7 Å². The number of primary amides is 1. The zero-order chi connectivity index (χ0) is 18.0. The van der Waals surface area contributed by atoms with Gasteiger partial charge in [-0.2, -0.15) is 0 Å². The smallest absolute Gasteiger partial charge is 0.224 e. The zero-order valence-electron chi connectivity index (χ0n) is 15.2. The molecule has 0 radical (unpaired) electrons. The normalized spacial score (nSPS) is 16.7. The van der Waals surface area contributed by atoms with Crippen LogP contribution < -0.4 is 10.6 Å². The van der Waals surface area contributed by atoms with Crippen LogP contribution in [-0.2, 0) is 4.79 Å². The summed E-state index contributed by atoms with van der Waals surface area (Å²) in [5, 5.41) is 0. The number of nitrogens with two attached hydrogens (primary N) is 1. The molecular weight excluding hydrogens is 312 g/mol. The molecule has 1 aromatic heterocycles. The molecule has 1 fully saturated rings. The molecular formula is C20H26N4O. The maximum Gasteiger partial charge on any atom is 0.224 e. The lowest BCUT2D eigenvalue weighted by Crippen LogP contribution is -2.44. The number of piperazine rings is 1. The van der Waals surface area contributed by atoms with Gasteiger partial charge in [0.25, 0.3) is 0 Å².